The van der Waals surface area contributed by atoms with Crippen molar-refractivity contribution >= 4 is 11.7 Å². The smallest absolute Gasteiger partial charge is 0.220 e. The van der Waals surface area contributed by atoms with Gasteiger partial charge in [-0.15, -0.1) is 0 Å². The maximum Gasteiger partial charge on any atom is 0.220 e. The van der Waals surface area contributed by atoms with Crippen LogP contribution in [-0.2, 0) is 9.59 Å². The molecule has 1 aliphatic carbocycles. The van der Waals surface area contributed by atoms with Gasteiger partial charge in [0.25, 0.3) is 0 Å². The summed E-state index contributed by atoms with van der Waals surface area (Å²) in [5.74, 6) is 1.47. The first-order valence-corrected chi connectivity index (χ1v) is 11.6. The highest BCUT2D eigenvalue weighted by Crippen LogP contribution is 2.34. The largest absolute Gasteiger partial charge is 0.389 e. The van der Waals surface area contributed by atoms with Crippen LogP contribution in [-0.4, -0.2) is 29.4 Å². The predicted octanol–water partition coefficient (Wildman–Crippen LogP) is 5.19. The van der Waals surface area contributed by atoms with Crippen molar-refractivity contribution in [1.82, 2.24) is 5.32 Å². The molecule has 0 unspecified atom stereocenters. The van der Waals surface area contributed by atoms with Gasteiger partial charge < -0.3 is 10.4 Å². The Bertz CT molecular complexity index is 472. The summed E-state index contributed by atoms with van der Waals surface area (Å²) >= 11 is 0. The third kappa shape index (κ3) is 11.0. The summed E-state index contributed by atoms with van der Waals surface area (Å²) in [5.41, 5.74) is 0. The Morgan fingerprint density at radius 3 is 2.64 bits per heavy atom. The molecule has 1 saturated carbocycles. The fourth-order valence-corrected chi connectivity index (χ4v) is 3.92. The molecule has 0 bridgehead atoms. The number of Topliss-reactive ketones (excluding diaryl/α,β-unsaturated/α-hetero) is 1. The molecule has 2 N–H and O–H groups in total. The highest BCUT2D eigenvalue weighted by atomic mass is 16.3. The van der Waals surface area contributed by atoms with Crippen molar-refractivity contribution in [1.29, 1.82) is 0 Å². The first-order chi connectivity index (χ1) is 13.4. The molecule has 0 spiro atoms. The van der Waals surface area contributed by atoms with E-state index in [0.717, 1.165) is 70.8 Å². The number of rotatable bonds is 15. The zero-order valence-electron chi connectivity index (χ0n) is 18.4. The van der Waals surface area contributed by atoms with E-state index in [9.17, 15) is 14.7 Å². The molecule has 28 heavy (non-hydrogen) atoms. The Morgan fingerprint density at radius 2 is 1.93 bits per heavy atom. The fourth-order valence-electron chi connectivity index (χ4n) is 3.92. The number of aliphatic hydroxyl groups excluding tert-OH is 1. The molecule has 0 aromatic carbocycles. The Balaban J connectivity index is 2.20. The summed E-state index contributed by atoms with van der Waals surface area (Å²) in [6, 6.07) is 0. The SMILES string of the molecule is CCCCC[C@H](O)/C=C/[C@H]1CCC(=O)[C@@H]1CCCCCCC(=O)NCC(C)C. The van der Waals surface area contributed by atoms with Crippen molar-refractivity contribution < 1.29 is 14.7 Å². The van der Waals surface area contributed by atoms with Crippen LogP contribution >= 0.6 is 0 Å². The summed E-state index contributed by atoms with van der Waals surface area (Å²) < 4.78 is 0. The van der Waals surface area contributed by atoms with E-state index in [1.807, 2.05) is 6.08 Å². The summed E-state index contributed by atoms with van der Waals surface area (Å²) in [4.78, 5) is 23.9. The van der Waals surface area contributed by atoms with Crippen molar-refractivity contribution in [2.75, 3.05) is 6.54 Å². The van der Waals surface area contributed by atoms with Gasteiger partial charge in [0, 0.05) is 25.3 Å². The molecule has 0 heterocycles. The maximum atomic E-state index is 12.2. The van der Waals surface area contributed by atoms with Gasteiger partial charge in [0.2, 0.25) is 5.91 Å². The summed E-state index contributed by atoms with van der Waals surface area (Å²) in [7, 11) is 0. The number of carbonyl (C=O) groups is 2. The van der Waals surface area contributed by atoms with Gasteiger partial charge in [-0.3, -0.25) is 9.59 Å². The standard InChI is InChI=1S/C24H43NO3/c1-4-5-8-11-21(26)16-14-20-15-17-23(27)22(20)12-9-6-7-10-13-24(28)25-18-19(2)3/h14,16,19-22,26H,4-13,15,17-18H2,1-3H3,(H,25,28)/b16-14+/t20-,21-,22+/m0/s1. The Kier molecular flexibility index (Phi) is 13.1. The van der Waals surface area contributed by atoms with Crippen LogP contribution < -0.4 is 5.32 Å². The second-order valence-corrected chi connectivity index (χ2v) is 8.87. The number of hydrogen-bond donors (Lipinski definition) is 2. The molecule has 1 aliphatic rings. The minimum Gasteiger partial charge on any atom is -0.389 e. The van der Waals surface area contributed by atoms with Crippen molar-refractivity contribution in [2.45, 2.75) is 104 Å². The van der Waals surface area contributed by atoms with Gasteiger partial charge in [-0.2, -0.15) is 0 Å². The number of nitrogens with one attached hydrogen (secondary N) is 1. The van der Waals surface area contributed by atoms with Crippen LogP contribution in [0.3, 0.4) is 0 Å². The first kappa shape index (κ1) is 24.9. The topological polar surface area (TPSA) is 66.4 Å². The van der Waals surface area contributed by atoms with Crippen molar-refractivity contribution in [3.63, 3.8) is 0 Å². The normalized spacial score (nSPS) is 21.0. The van der Waals surface area contributed by atoms with Crippen LogP contribution in [0.1, 0.15) is 97.8 Å². The van der Waals surface area contributed by atoms with Gasteiger partial charge in [-0.1, -0.05) is 71.4 Å². The highest BCUT2D eigenvalue weighted by Gasteiger charge is 2.32. The summed E-state index contributed by atoms with van der Waals surface area (Å²) in [6.45, 7) is 7.11. The number of unbranched alkanes of at least 4 members (excludes halogenated alkanes) is 5. The van der Waals surface area contributed by atoms with Crippen LogP contribution in [0, 0.1) is 17.8 Å². The van der Waals surface area contributed by atoms with Crippen LogP contribution in [0.25, 0.3) is 0 Å². The van der Waals surface area contributed by atoms with Crippen molar-refractivity contribution in [3.8, 4) is 0 Å². The van der Waals surface area contributed by atoms with Crippen LogP contribution in [0.4, 0.5) is 0 Å². The van der Waals surface area contributed by atoms with Crippen molar-refractivity contribution in [3.05, 3.63) is 12.2 Å². The number of hydrogen-bond acceptors (Lipinski definition) is 3. The van der Waals surface area contributed by atoms with E-state index in [1.165, 1.54) is 0 Å². The van der Waals surface area contributed by atoms with Gasteiger partial charge in [-0.25, -0.2) is 0 Å². The number of ketones is 1. The molecule has 0 saturated heterocycles. The number of amides is 1. The lowest BCUT2D eigenvalue weighted by Crippen LogP contribution is -2.26. The van der Waals surface area contributed by atoms with E-state index in [-0.39, 0.29) is 17.9 Å². The molecule has 0 aromatic rings. The molecule has 1 rings (SSSR count). The highest BCUT2D eigenvalue weighted by molar-refractivity contribution is 5.83. The minimum absolute atomic E-state index is 0.133. The lowest BCUT2D eigenvalue weighted by atomic mass is 9.89. The van der Waals surface area contributed by atoms with E-state index in [2.05, 4.69) is 32.2 Å². The van der Waals surface area contributed by atoms with E-state index in [1.54, 1.807) is 0 Å². The lowest BCUT2D eigenvalue weighted by molar-refractivity contribution is -0.122. The quantitative estimate of drug-likeness (QED) is 0.297. The van der Waals surface area contributed by atoms with E-state index >= 15 is 0 Å². The molecule has 0 aromatic heterocycles. The van der Waals surface area contributed by atoms with Gasteiger partial charge in [0.15, 0.2) is 0 Å². The number of allylic oxidation sites excluding steroid dienone is 1. The second-order valence-electron chi connectivity index (χ2n) is 8.87. The van der Waals surface area contributed by atoms with Crippen LogP contribution in [0.5, 0.6) is 0 Å². The summed E-state index contributed by atoms with van der Waals surface area (Å²) in [6.07, 6.45) is 15.1. The Morgan fingerprint density at radius 1 is 1.18 bits per heavy atom. The van der Waals surface area contributed by atoms with Gasteiger partial charge >= 0.3 is 0 Å². The van der Waals surface area contributed by atoms with Crippen LogP contribution in [0.15, 0.2) is 12.2 Å². The third-order valence-electron chi connectivity index (χ3n) is 5.71. The lowest BCUT2D eigenvalue weighted by Gasteiger charge is -2.15. The van der Waals surface area contributed by atoms with Crippen LogP contribution in [0.2, 0.25) is 0 Å². The molecule has 3 atom stereocenters. The van der Waals surface area contributed by atoms with E-state index in [0.29, 0.717) is 30.5 Å². The van der Waals surface area contributed by atoms with Crippen molar-refractivity contribution in [2.24, 2.45) is 17.8 Å². The molecule has 0 radical (unpaired) electrons. The maximum absolute atomic E-state index is 12.2. The molecule has 1 fully saturated rings. The molecule has 4 heteroatoms. The average Bonchev–Trinajstić information content (AvgIpc) is 3.01. The third-order valence-corrected chi connectivity index (χ3v) is 5.71. The minimum atomic E-state index is -0.371. The first-order valence-electron chi connectivity index (χ1n) is 11.6. The molecular weight excluding hydrogens is 350 g/mol. The van der Waals surface area contributed by atoms with Gasteiger partial charge in [0.1, 0.15) is 5.78 Å². The number of aliphatic hydroxyl groups is 1. The molecular formula is C24H43NO3. The van der Waals surface area contributed by atoms with Gasteiger partial charge in [-0.05, 0) is 37.5 Å². The zero-order chi connectivity index (χ0) is 20.8. The Labute approximate surface area is 172 Å². The monoisotopic (exact) mass is 393 g/mol. The number of carbonyl (C=O) groups excluding carboxylic acids is 2. The molecule has 0 aliphatic heterocycles. The average molecular weight is 394 g/mol. The molecule has 162 valence electrons. The molecule has 1 amide bonds. The second kappa shape index (κ2) is 14.8. The fraction of sp³-hybridized carbons (Fsp3) is 0.833. The zero-order valence-corrected chi connectivity index (χ0v) is 18.4. The predicted molar refractivity (Wildman–Crippen MR) is 116 cm³/mol. The summed E-state index contributed by atoms with van der Waals surface area (Å²) in [5, 5.41) is 13.0. The molecule has 4 nitrogen and oxygen atoms in total. The Hall–Kier alpha value is -1.16. The van der Waals surface area contributed by atoms with E-state index < -0.39 is 0 Å². The van der Waals surface area contributed by atoms with Gasteiger partial charge in [0.05, 0.1) is 6.10 Å². The van der Waals surface area contributed by atoms with E-state index in [4.69, 9.17) is 0 Å².